The number of ether oxygens (including phenoxy) is 2. The van der Waals surface area contributed by atoms with Crippen LogP contribution in [-0.2, 0) is 11.2 Å². The average molecular weight is 194 g/mol. The minimum absolute atomic E-state index is 0.348. The highest BCUT2D eigenvalue weighted by Gasteiger charge is 2.08. The lowest BCUT2D eigenvalue weighted by molar-refractivity contribution is -0.107. The third kappa shape index (κ3) is 2.05. The number of carbonyl (C=O) groups excluding carboxylic acids is 1. The summed E-state index contributed by atoms with van der Waals surface area (Å²) in [4.78, 5) is 10.5. The zero-order chi connectivity index (χ0) is 10.6. The van der Waals surface area contributed by atoms with Gasteiger partial charge in [0.05, 0.1) is 14.2 Å². The van der Waals surface area contributed by atoms with Crippen LogP contribution < -0.4 is 9.47 Å². The molecule has 1 aromatic carbocycles. The Kier molecular flexibility index (Phi) is 3.51. The van der Waals surface area contributed by atoms with Crippen molar-refractivity contribution in [3.8, 4) is 11.5 Å². The third-order valence-corrected chi connectivity index (χ3v) is 2.07. The monoisotopic (exact) mass is 194 g/mol. The second-order valence-corrected chi connectivity index (χ2v) is 3.01. The van der Waals surface area contributed by atoms with Crippen LogP contribution in [0.25, 0.3) is 0 Å². The molecule has 0 bridgehead atoms. The van der Waals surface area contributed by atoms with E-state index < -0.39 is 0 Å². The Hall–Kier alpha value is -1.51. The number of rotatable bonds is 4. The van der Waals surface area contributed by atoms with Gasteiger partial charge in [-0.05, 0) is 24.6 Å². The van der Waals surface area contributed by atoms with Crippen LogP contribution in [0.5, 0.6) is 11.5 Å². The van der Waals surface area contributed by atoms with Crippen LogP contribution in [0.1, 0.15) is 11.1 Å². The lowest BCUT2D eigenvalue weighted by atomic mass is 10.1. The average Bonchev–Trinajstić information content (AvgIpc) is 2.18. The first kappa shape index (κ1) is 10.6. The van der Waals surface area contributed by atoms with E-state index in [9.17, 15) is 4.79 Å². The Bertz CT molecular complexity index is 332. The van der Waals surface area contributed by atoms with Gasteiger partial charge < -0.3 is 14.3 Å². The van der Waals surface area contributed by atoms with E-state index in [2.05, 4.69) is 0 Å². The molecule has 0 aromatic heterocycles. The standard InChI is InChI=1S/C11H14O3/c1-8-6-10(13-2)7-9(4-5-12)11(8)14-3/h5-7H,4H2,1-3H3. The van der Waals surface area contributed by atoms with Crippen LogP contribution in [-0.4, -0.2) is 20.5 Å². The summed E-state index contributed by atoms with van der Waals surface area (Å²) in [6.45, 7) is 1.93. The Morgan fingerprint density at radius 3 is 2.50 bits per heavy atom. The summed E-state index contributed by atoms with van der Waals surface area (Å²) in [7, 11) is 3.20. The van der Waals surface area contributed by atoms with E-state index >= 15 is 0 Å². The fourth-order valence-corrected chi connectivity index (χ4v) is 1.46. The van der Waals surface area contributed by atoms with Gasteiger partial charge >= 0.3 is 0 Å². The molecule has 0 unspecified atom stereocenters. The quantitative estimate of drug-likeness (QED) is 0.685. The molecule has 0 aliphatic carbocycles. The first-order valence-corrected chi connectivity index (χ1v) is 4.38. The number of methoxy groups -OCH3 is 2. The summed E-state index contributed by atoms with van der Waals surface area (Å²) in [6, 6.07) is 3.70. The number of aldehydes is 1. The molecule has 0 atom stereocenters. The van der Waals surface area contributed by atoms with Gasteiger partial charge in [-0.25, -0.2) is 0 Å². The highest BCUT2D eigenvalue weighted by Crippen LogP contribution is 2.28. The molecule has 0 heterocycles. The zero-order valence-electron chi connectivity index (χ0n) is 8.66. The third-order valence-electron chi connectivity index (χ3n) is 2.07. The summed E-state index contributed by atoms with van der Waals surface area (Å²) >= 11 is 0. The number of hydrogen-bond donors (Lipinski definition) is 0. The smallest absolute Gasteiger partial charge is 0.125 e. The van der Waals surface area contributed by atoms with Crippen LogP contribution >= 0.6 is 0 Å². The van der Waals surface area contributed by atoms with Crippen molar-refractivity contribution in [1.29, 1.82) is 0 Å². The molecule has 14 heavy (non-hydrogen) atoms. The SMILES string of the molecule is COc1cc(C)c(OC)c(CC=O)c1. The van der Waals surface area contributed by atoms with Gasteiger partial charge in [0.1, 0.15) is 17.8 Å². The molecule has 0 saturated heterocycles. The second-order valence-electron chi connectivity index (χ2n) is 3.01. The number of aryl methyl sites for hydroxylation is 1. The van der Waals surface area contributed by atoms with E-state index in [1.54, 1.807) is 14.2 Å². The molecule has 1 aromatic rings. The van der Waals surface area contributed by atoms with Crippen molar-refractivity contribution >= 4 is 6.29 Å². The van der Waals surface area contributed by atoms with Crippen molar-refractivity contribution in [3.63, 3.8) is 0 Å². The molecule has 0 fully saturated rings. The number of benzene rings is 1. The summed E-state index contributed by atoms with van der Waals surface area (Å²) in [5.41, 5.74) is 1.84. The van der Waals surface area contributed by atoms with Gasteiger partial charge in [-0.3, -0.25) is 0 Å². The minimum Gasteiger partial charge on any atom is -0.497 e. The molecular formula is C11H14O3. The molecule has 0 saturated carbocycles. The van der Waals surface area contributed by atoms with E-state index in [1.165, 1.54) is 0 Å². The summed E-state index contributed by atoms with van der Waals surface area (Å²) in [5.74, 6) is 1.51. The minimum atomic E-state index is 0.348. The predicted molar refractivity (Wildman–Crippen MR) is 54.1 cm³/mol. The van der Waals surface area contributed by atoms with E-state index in [1.807, 2.05) is 19.1 Å². The van der Waals surface area contributed by atoms with E-state index in [0.717, 1.165) is 28.9 Å². The van der Waals surface area contributed by atoms with E-state index in [-0.39, 0.29) is 0 Å². The number of carbonyl (C=O) groups is 1. The van der Waals surface area contributed by atoms with Crippen molar-refractivity contribution in [2.45, 2.75) is 13.3 Å². The van der Waals surface area contributed by atoms with Crippen molar-refractivity contribution in [2.24, 2.45) is 0 Å². The normalized spacial score (nSPS) is 9.64. The fraction of sp³-hybridized carbons (Fsp3) is 0.364. The Labute approximate surface area is 83.6 Å². The lowest BCUT2D eigenvalue weighted by Crippen LogP contribution is -1.97. The predicted octanol–water partition coefficient (Wildman–Crippen LogP) is 1.75. The highest BCUT2D eigenvalue weighted by molar-refractivity contribution is 5.60. The molecule has 0 spiro atoms. The van der Waals surface area contributed by atoms with Crippen LogP contribution in [0.4, 0.5) is 0 Å². The number of hydrogen-bond acceptors (Lipinski definition) is 3. The lowest BCUT2D eigenvalue weighted by Gasteiger charge is -2.11. The van der Waals surface area contributed by atoms with Crippen LogP contribution in [0.15, 0.2) is 12.1 Å². The molecule has 76 valence electrons. The highest BCUT2D eigenvalue weighted by atomic mass is 16.5. The van der Waals surface area contributed by atoms with Crippen molar-refractivity contribution in [3.05, 3.63) is 23.3 Å². The van der Waals surface area contributed by atoms with Crippen molar-refractivity contribution < 1.29 is 14.3 Å². The summed E-state index contributed by atoms with van der Waals surface area (Å²) in [5, 5.41) is 0. The Morgan fingerprint density at radius 1 is 1.29 bits per heavy atom. The molecule has 0 N–H and O–H groups in total. The van der Waals surface area contributed by atoms with Gasteiger partial charge in [-0.15, -0.1) is 0 Å². The topological polar surface area (TPSA) is 35.5 Å². The molecular weight excluding hydrogens is 180 g/mol. The molecule has 0 aliphatic heterocycles. The maximum Gasteiger partial charge on any atom is 0.125 e. The van der Waals surface area contributed by atoms with Gasteiger partial charge in [-0.1, -0.05) is 0 Å². The molecule has 0 aliphatic rings. The molecule has 3 heteroatoms. The second kappa shape index (κ2) is 4.65. The van der Waals surface area contributed by atoms with Gasteiger partial charge in [0, 0.05) is 12.0 Å². The van der Waals surface area contributed by atoms with E-state index in [4.69, 9.17) is 9.47 Å². The fourth-order valence-electron chi connectivity index (χ4n) is 1.46. The van der Waals surface area contributed by atoms with Gasteiger partial charge in [0.25, 0.3) is 0 Å². The Morgan fingerprint density at radius 2 is 2.00 bits per heavy atom. The molecule has 1 rings (SSSR count). The van der Waals surface area contributed by atoms with Gasteiger partial charge in [-0.2, -0.15) is 0 Å². The largest absolute Gasteiger partial charge is 0.497 e. The van der Waals surface area contributed by atoms with Gasteiger partial charge in [0.2, 0.25) is 0 Å². The summed E-state index contributed by atoms with van der Waals surface area (Å²) in [6.07, 6.45) is 1.21. The molecule has 0 amide bonds. The molecule has 3 nitrogen and oxygen atoms in total. The maximum atomic E-state index is 10.5. The van der Waals surface area contributed by atoms with Crippen LogP contribution in [0, 0.1) is 6.92 Å². The summed E-state index contributed by atoms with van der Waals surface area (Å²) < 4.78 is 10.3. The maximum absolute atomic E-state index is 10.5. The van der Waals surface area contributed by atoms with E-state index in [0.29, 0.717) is 6.42 Å². The van der Waals surface area contributed by atoms with Crippen LogP contribution in [0.3, 0.4) is 0 Å². The first-order valence-electron chi connectivity index (χ1n) is 4.38. The molecule has 0 radical (unpaired) electrons. The van der Waals surface area contributed by atoms with Crippen molar-refractivity contribution in [1.82, 2.24) is 0 Å². The Balaban J connectivity index is 3.20. The van der Waals surface area contributed by atoms with Crippen molar-refractivity contribution in [2.75, 3.05) is 14.2 Å². The zero-order valence-corrected chi connectivity index (χ0v) is 8.66. The van der Waals surface area contributed by atoms with Gasteiger partial charge in [0.15, 0.2) is 0 Å². The van der Waals surface area contributed by atoms with Crippen LogP contribution in [0.2, 0.25) is 0 Å². The first-order chi connectivity index (χ1) is 6.72.